The van der Waals surface area contributed by atoms with Crippen molar-refractivity contribution in [2.24, 2.45) is 0 Å². The van der Waals surface area contributed by atoms with Gasteiger partial charge in [0.15, 0.2) is 0 Å². The van der Waals surface area contributed by atoms with E-state index < -0.39 is 11.6 Å². The first kappa shape index (κ1) is 20.8. The number of hydrogen-bond acceptors (Lipinski definition) is 4. The Morgan fingerprint density at radius 2 is 1.79 bits per heavy atom. The van der Waals surface area contributed by atoms with E-state index in [1.54, 1.807) is 17.2 Å². The lowest BCUT2D eigenvalue weighted by Crippen LogP contribution is -2.18. The van der Waals surface area contributed by atoms with Gasteiger partial charge >= 0.3 is 0 Å². The zero-order chi connectivity index (χ0) is 22.6. The number of nitrogens with one attached hydrogen (secondary N) is 1. The van der Waals surface area contributed by atoms with Crippen molar-refractivity contribution < 1.29 is 8.78 Å². The van der Waals surface area contributed by atoms with E-state index in [2.05, 4.69) is 32.6 Å². The first-order valence-electron chi connectivity index (χ1n) is 10.7. The van der Waals surface area contributed by atoms with Gasteiger partial charge < -0.3 is 5.32 Å². The molecule has 1 atom stereocenters. The molecule has 0 radical (unpaired) electrons. The molecular formula is C25H22F2N6. The van der Waals surface area contributed by atoms with E-state index in [1.165, 1.54) is 24.0 Å². The van der Waals surface area contributed by atoms with Crippen molar-refractivity contribution in [3.8, 4) is 0 Å². The molecule has 0 fully saturated rings. The molecule has 3 aromatic carbocycles. The summed E-state index contributed by atoms with van der Waals surface area (Å²) in [4.78, 5) is 3.97. The Hall–Kier alpha value is -4.07. The minimum absolute atomic E-state index is 0.314. The van der Waals surface area contributed by atoms with Crippen molar-refractivity contribution in [3.63, 3.8) is 0 Å². The lowest BCUT2D eigenvalue weighted by atomic mass is 9.98. The molecule has 5 aromatic rings. The predicted octanol–water partition coefficient (Wildman–Crippen LogP) is 5.00. The van der Waals surface area contributed by atoms with E-state index in [-0.39, 0.29) is 5.92 Å². The topological polar surface area (TPSA) is 60.6 Å². The molecule has 0 saturated heterocycles. The molecule has 0 spiro atoms. The molecule has 166 valence electrons. The van der Waals surface area contributed by atoms with Crippen molar-refractivity contribution >= 4 is 16.6 Å². The van der Waals surface area contributed by atoms with Gasteiger partial charge in [-0.25, -0.2) is 13.8 Å². The number of rotatable bonds is 8. The van der Waals surface area contributed by atoms with Gasteiger partial charge in [0, 0.05) is 29.6 Å². The SMILES string of the molecule is Fc1ccc(C(Cn2cncn2)Cn2ncc3cc(NCc4ccccc4)ccc32)c(F)c1. The van der Waals surface area contributed by atoms with Crippen LogP contribution in [0.2, 0.25) is 0 Å². The Labute approximate surface area is 189 Å². The van der Waals surface area contributed by atoms with Gasteiger partial charge in [0.1, 0.15) is 24.3 Å². The minimum atomic E-state index is -0.601. The van der Waals surface area contributed by atoms with Crippen molar-refractivity contribution in [3.05, 3.63) is 108 Å². The molecule has 0 aliphatic carbocycles. The van der Waals surface area contributed by atoms with Crippen LogP contribution in [0.1, 0.15) is 17.0 Å². The maximum absolute atomic E-state index is 14.6. The van der Waals surface area contributed by atoms with Gasteiger partial charge in [0.05, 0.1) is 24.8 Å². The lowest BCUT2D eigenvalue weighted by Gasteiger charge is -2.19. The number of nitrogens with zero attached hydrogens (tertiary/aromatic N) is 5. The van der Waals surface area contributed by atoms with Crippen LogP contribution in [0.3, 0.4) is 0 Å². The number of anilines is 1. The van der Waals surface area contributed by atoms with Crippen molar-refractivity contribution in [1.82, 2.24) is 24.5 Å². The molecule has 0 amide bonds. The molecule has 1 N–H and O–H groups in total. The van der Waals surface area contributed by atoms with Crippen molar-refractivity contribution in [2.45, 2.75) is 25.6 Å². The van der Waals surface area contributed by atoms with Gasteiger partial charge in [-0.3, -0.25) is 9.36 Å². The molecule has 0 aliphatic rings. The molecule has 8 heteroatoms. The average molecular weight is 444 g/mol. The summed E-state index contributed by atoms with van der Waals surface area (Å²) in [7, 11) is 0. The van der Waals surface area contributed by atoms with Crippen LogP contribution in [0, 0.1) is 11.6 Å². The molecule has 0 aliphatic heterocycles. The maximum Gasteiger partial charge on any atom is 0.137 e. The number of benzene rings is 3. The molecule has 0 saturated carbocycles. The summed E-state index contributed by atoms with van der Waals surface area (Å²) < 4.78 is 31.6. The second-order valence-corrected chi connectivity index (χ2v) is 7.92. The normalized spacial score (nSPS) is 12.2. The van der Waals surface area contributed by atoms with Crippen LogP contribution in [0.4, 0.5) is 14.5 Å². The highest BCUT2D eigenvalue weighted by atomic mass is 19.1. The van der Waals surface area contributed by atoms with Crippen LogP contribution < -0.4 is 5.32 Å². The highest BCUT2D eigenvalue weighted by Crippen LogP contribution is 2.26. The van der Waals surface area contributed by atoms with E-state index in [0.717, 1.165) is 29.2 Å². The quantitative estimate of drug-likeness (QED) is 0.366. The van der Waals surface area contributed by atoms with E-state index in [4.69, 9.17) is 0 Å². The minimum Gasteiger partial charge on any atom is -0.381 e. The Kier molecular flexibility index (Phi) is 5.80. The van der Waals surface area contributed by atoms with E-state index in [0.29, 0.717) is 18.7 Å². The van der Waals surface area contributed by atoms with E-state index in [9.17, 15) is 8.78 Å². The Bertz CT molecular complexity index is 1350. The van der Waals surface area contributed by atoms with E-state index >= 15 is 0 Å². The van der Waals surface area contributed by atoms with Crippen LogP contribution in [-0.2, 0) is 19.6 Å². The largest absolute Gasteiger partial charge is 0.381 e. The maximum atomic E-state index is 14.6. The predicted molar refractivity (Wildman–Crippen MR) is 123 cm³/mol. The van der Waals surface area contributed by atoms with Gasteiger partial charge in [-0.05, 0) is 35.4 Å². The van der Waals surface area contributed by atoms with Gasteiger partial charge in [-0.15, -0.1) is 0 Å². The first-order valence-corrected chi connectivity index (χ1v) is 10.7. The summed E-state index contributed by atoms with van der Waals surface area (Å²) in [6.45, 7) is 1.52. The second kappa shape index (κ2) is 9.20. The number of hydrogen-bond donors (Lipinski definition) is 1. The highest BCUT2D eigenvalue weighted by Gasteiger charge is 2.20. The molecule has 5 rings (SSSR count). The second-order valence-electron chi connectivity index (χ2n) is 7.92. The molecule has 2 aromatic heterocycles. The van der Waals surface area contributed by atoms with Gasteiger partial charge in [-0.1, -0.05) is 36.4 Å². The summed E-state index contributed by atoms with van der Waals surface area (Å²) in [5.41, 5.74) is 3.54. The molecule has 2 heterocycles. The number of halogens is 2. The van der Waals surface area contributed by atoms with Crippen molar-refractivity contribution in [2.75, 3.05) is 5.32 Å². The number of fused-ring (bicyclic) bond motifs is 1. The van der Waals surface area contributed by atoms with Crippen LogP contribution in [0.25, 0.3) is 10.9 Å². The van der Waals surface area contributed by atoms with Gasteiger partial charge in [0.25, 0.3) is 0 Å². The zero-order valence-corrected chi connectivity index (χ0v) is 17.8. The average Bonchev–Trinajstić information content (AvgIpc) is 3.48. The summed E-state index contributed by atoms with van der Waals surface area (Å²) in [5.74, 6) is -1.49. The Morgan fingerprint density at radius 1 is 0.909 bits per heavy atom. The lowest BCUT2D eigenvalue weighted by molar-refractivity contribution is 0.428. The highest BCUT2D eigenvalue weighted by molar-refractivity contribution is 5.82. The third kappa shape index (κ3) is 4.74. The van der Waals surface area contributed by atoms with Crippen molar-refractivity contribution in [1.29, 1.82) is 0 Å². The van der Waals surface area contributed by atoms with Crippen LogP contribution in [0.5, 0.6) is 0 Å². The Balaban J connectivity index is 1.39. The smallest absolute Gasteiger partial charge is 0.137 e. The third-order valence-corrected chi connectivity index (χ3v) is 5.65. The zero-order valence-electron chi connectivity index (χ0n) is 17.8. The molecule has 6 nitrogen and oxygen atoms in total. The van der Waals surface area contributed by atoms with Crippen LogP contribution >= 0.6 is 0 Å². The third-order valence-electron chi connectivity index (χ3n) is 5.65. The molecule has 33 heavy (non-hydrogen) atoms. The Morgan fingerprint density at radius 3 is 2.58 bits per heavy atom. The summed E-state index contributed by atoms with van der Waals surface area (Å²) in [5, 5.41) is 13.1. The summed E-state index contributed by atoms with van der Waals surface area (Å²) in [6, 6.07) is 19.9. The fourth-order valence-corrected chi connectivity index (χ4v) is 3.99. The molecule has 0 bridgehead atoms. The molecule has 1 unspecified atom stereocenters. The van der Waals surface area contributed by atoms with Crippen LogP contribution in [0.15, 0.2) is 85.6 Å². The fourth-order valence-electron chi connectivity index (χ4n) is 3.99. The standard InChI is InChI=1S/C25H22F2N6/c26-21-6-8-23(24(27)11-21)20(14-32-17-28-16-31-32)15-33-25-9-7-22(10-19(25)13-30-33)29-12-18-4-2-1-3-5-18/h1-11,13,16-17,20,29H,12,14-15H2. The van der Waals surface area contributed by atoms with Gasteiger partial charge in [-0.2, -0.15) is 10.2 Å². The fraction of sp³-hybridized carbons (Fsp3) is 0.160. The van der Waals surface area contributed by atoms with Gasteiger partial charge in [0.2, 0.25) is 0 Å². The number of aromatic nitrogens is 5. The summed E-state index contributed by atoms with van der Waals surface area (Å²) >= 11 is 0. The monoisotopic (exact) mass is 444 g/mol. The molecular weight excluding hydrogens is 422 g/mol. The van der Waals surface area contributed by atoms with Crippen LogP contribution in [-0.4, -0.2) is 24.5 Å². The summed E-state index contributed by atoms with van der Waals surface area (Å²) in [6.07, 6.45) is 4.82. The van der Waals surface area contributed by atoms with E-state index in [1.807, 2.05) is 41.1 Å². The first-order chi connectivity index (χ1) is 16.2.